The van der Waals surface area contributed by atoms with Crippen molar-refractivity contribution in [1.82, 2.24) is 19.5 Å². The molecule has 0 unspecified atom stereocenters. The maximum Gasteiger partial charge on any atom is 0.427 e. The molecule has 2 aromatic rings. The highest BCUT2D eigenvalue weighted by Crippen LogP contribution is 2.52. The average Bonchev–Trinajstić information content (AvgIpc) is 3.29. The molecular formula is C25H32Cl2N6O4. The van der Waals surface area contributed by atoms with E-state index in [0.29, 0.717) is 17.7 Å². The third kappa shape index (κ3) is 5.53. The number of carbonyl (C=O) groups is 2. The number of imidazole rings is 1. The van der Waals surface area contributed by atoms with Crippen LogP contribution >= 0.6 is 23.2 Å². The Morgan fingerprint density at radius 3 is 2.24 bits per heavy atom. The molecule has 0 aliphatic heterocycles. The van der Waals surface area contributed by atoms with Gasteiger partial charge in [-0.3, -0.25) is 0 Å². The van der Waals surface area contributed by atoms with Crippen LogP contribution in [0.3, 0.4) is 0 Å². The smallest absolute Gasteiger partial charge is 0.427 e. The van der Waals surface area contributed by atoms with Gasteiger partial charge in [-0.25, -0.2) is 21.1 Å². The van der Waals surface area contributed by atoms with Gasteiger partial charge in [-0.1, -0.05) is 37.0 Å². The van der Waals surface area contributed by atoms with Gasteiger partial charge in [0.2, 0.25) is 5.95 Å². The van der Waals surface area contributed by atoms with E-state index in [-0.39, 0.29) is 34.2 Å². The molecule has 3 atom stereocenters. The first-order chi connectivity index (χ1) is 17.1. The van der Waals surface area contributed by atoms with Gasteiger partial charge in [-0.2, -0.15) is 9.97 Å². The molecule has 200 valence electrons. The fraction of sp³-hybridized carbons (Fsp3) is 0.600. The second-order valence-corrected chi connectivity index (χ2v) is 11.6. The van der Waals surface area contributed by atoms with E-state index in [1.807, 2.05) is 13.8 Å². The molecule has 37 heavy (non-hydrogen) atoms. The average molecular weight is 551 g/mol. The first-order valence-electron chi connectivity index (χ1n) is 11.9. The van der Waals surface area contributed by atoms with Crippen LogP contribution in [0, 0.1) is 12.5 Å². The van der Waals surface area contributed by atoms with E-state index in [0.717, 1.165) is 5.57 Å². The molecule has 0 spiro atoms. The van der Waals surface area contributed by atoms with Gasteiger partial charge in [-0.05, 0) is 48.0 Å². The third-order valence-corrected chi connectivity index (χ3v) is 6.66. The first-order valence-corrected chi connectivity index (χ1v) is 12.8. The highest BCUT2D eigenvalue weighted by Gasteiger charge is 2.55. The zero-order valence-corrected chi connectivity index (χ0v) is 23.8. The summed E-state index contributed by atoms with van der Waals surface area (Å²) in [5.41, 5.74) is 0.174. The number of hydrogen-bond acceptors (Lipinski definition) is 7. The van der Waals surface area contributed by atoms with Crippen molar-refractivity contribution in [2.75, 3.05) is 4.90 Å². The van der Waals surface area contributed by atoms with Gasteiger partial charge in [0.1, 0.15) is 16.7 Å². The van der Waals surface area contributed by atoms with E-state index < -0.39 is 28.9 Å². The highest BCUT2D eigenvalue weighted by atomic mass is 35.5. The Bertz CT molecular complexity index is 1260. The second-order valence-electron chi connectivity index (χ2n) is 11.0. The van der Waals surface area contributed by atoms with Crippen LogP contribution in [0.4, 0.5) is 15.5 Å². The number of rotatable bonds is 3. The van der Waals surface area contributed by atoms with Gasteiger partial charge < -0.3 is 18.9 Å². The van der Waals surface area contributed by atoms with Gasteiger partial charge in [0.05, 0.1) is 12.4 Å². The Morgan fingerprint density at radius 1 is 1.22 bits per heavy atom. The SMILES string of the molecule is [C-]#[N+][C@]1(CC)/C(=C\Cl)[C@@H](n2cnc3c(Cl)nc(N(C(=O)OC(C)(C)C)C(=O)OC(C)(C)C)nc32)C[C@@H]1C. The van der Waals surface area contributed by atoms with E-state index in [1.165, 1.54) is 5.54 Å². The Hall–Kier alpha value is -2.90. The monoisotopic (exact) mass is 550 g/mol. The number of carbonyl (C=O) groups excluding carboxylic acids is 2. The van der Waals surface area contributed by atoms with E-state index in [9.17, 15) is 9.59 Å². The van der Waals surface area contributed by atoms with Gasteiger partial charge >= 0.3 is 12.2 Å². The summed E-state index contributed by atoms with van der Waals surface area (Å²) in [6.07, 6.45) is 0.715. The molecule has 0 aromatic carbocycles. The molecule has 3 rings (SSSR count). The highest BCUT2D eigenvalue weighted by molar-refractivity contribution is 6.33. The predicted octanol–water partition coefficient (Wildman–Crippen LogP) is 6.93. The number of hydrogen-bond donors (Lipinski definition) is 0. The molecule has 1 aliphatic carbocycles. The number of amides is 2. The first kappa shape index (κ1) is 28.7. The van der Waals surface area contributed by atoms with Crippen LogP contribution in [0.2, 0.25) is 5.15 Å². The molecule has 2 aromatic heterocycles. The van der Waals surface area contributed by atoms with Crippen molar-refractivity contribution in [3.8, 4) is 0 Å². The minimum atomic E-state index is -1.02. The normalized spacial score (nSPS) is 23.2. The lowest BCUT2D eigenvalue weighted by Gasteiger charge is -2.27. The molecule has 0 N–H and O–H groups in total. The van der Waals surface area contributed by atoms with Gasteiger partial charge in [0.15, 0.2) is 10.8 Å². The molecular weight excluding hydrogens is 519 g/mol. The Morgan fingerprint density at radius 2 is 1.78 bits per heavy atom. The number of ether oxygens (including phenoxy) is 2. The molecule has 2 amide bonds. The van der Waals surface area contributed by atoms with Crippen LogP contribution in [0.1, 0.15) is 74.3 Å². The predicted molar refractivity (Wildman–Crippen MR) is 142 cm³/mol. The summed E-state index contributed by atoms with van der Waals surface area (Å²) in [6, 6.07) is -0.332. The Labute approximate surface area is 226 Å². The minimum absolute atomic E-state index is 0.0132. The molecule has 10 nitrogen and oxygen atoms in total. The van der Waals surface area contributed by atoms with Crippen molar-refractivity contribution in [2.45, 2.75) is 91.0 Å². The van der Waals surface area contributed by atoms with Crippen LogP contribution in [-0.4, -0.2) is 48.4 Å². The number of imide groups is 1. The number of nitrogens with zero attached hydrogens (tertiary/aromatic N) is 6. The fourth-order valence-electron chi connectivity index (χ4n) is 4.52. The molecule has 1 aliphatic rings. The summed E-state index contributed by atoms with van der Waals surface area (Å²) in [7, 11) is 0. The Kier molecular flexibility index (Phi) is 7.83. The quantitative estimate of drug-likeness (QED) is 0.301. The van der Waals surface area contributed by atoms with Crippen LogP contribution < -0.4 is 4.90 Å². The van der Waals surface area contributed by atoms with Crippen LogP contribution in [0.5, 0.6) is 0 Å². The number of fused-ring (bicyclic) bond motifs is 1. The van der Waals surface area contributed by atoms with Crippen LogP contribution in [0.15, 0.2) is 17.4 Å². The standard InChI is InChI=1S/C25H32Cl2N6O4/c1-10-25(28-9)14(2)11-16(15(25)12-26)32-13-29-17-18(27)30-20(31-19(17)32)33(21(34)36-23(3,4)5)22(35)37-24(6,7)8/h12-14,16H,10-11H2,1-8H3/b15-12-/t14-,16-,25-/m0/s1. The third-order valence-electron chi connectivity index (χ3n) is 6.16. The topological polar surface area (TPSA) is 104 Å². The molecule has 1 fully saturated rings. The van der Waals surface area contributed by atoms with E-state index in [1.54, 1.807) is 52.4 Å². The summed E-state index contributed by atoms with van der Waals surface area (Å²) < 4.78 is 12.6. The summed E-state index contributed by atoms with van der Waals surface area (Å²) in [5.74, 6) is -0.309. The Balaban J connectivity index is 2.18. The zero-order chi connectivity index (χ0) is 27.9. The van der Waals surface area contributed by atoms with E-state index in [2.05, 4.69) is 19.8 Å². The maximum absolute atomic E-state index is 13.1. The van der Waals surface area contributed by atoms with Crippen molar-refractivity contribution in [1.29, 1.82) is 0 Å². The maximum atomic E-state index is 13.1. The van der Waals surface area contributed by atoms with Crippen LogP contribution in [0.25, 0.3) is 16.0 Å². The lowest BCUT2D eigenvalue weighted by atomic mass is 9.84. The number of aromatic nitrogens is 4. The second kappa shape index (κ2) is 10.1. The molecule has 12 heteroatoms. The van der Waals surface area contributed by atoms with Crippen molar-refractivity contribution < 1.29 is 19.1 Å². The summed E-state index contributed by atoms with van der Waals surface area (Å²) in [4.78, 5) is 43.9. The summed E-state index contributed by atoms with van der Waals surface area (Å²) in [6.45, 7) is 21.9. The molecule has 0 bridgehead atoms. The van der Waals surface area contributed by atoms with E-state index in [4.69, 9.17) is 39.2 Å². The fourth-order valence-corrected chi connectivity index (χ4v) is 5.06. The van der Waals surface area contributed by atoms with Gasteiger partial charge in [0, 0.05) is 23.4 Å². The number of halogens is 2. The molecule has 0 radical (unpaired) electrons. The number of anilines is 1. The lowest BCUT2D eigenvalue weighted by molar-refractivity contribution is 0.0427. The summed E-state index contributed by atoms with van der Waals surface area (Å²) >= 11 is 12.7. The molecule has 1 saturated carbocycles. The van der Waals surface area contributed by atoms with Crippen molar-refractivity contribution >= 4 is 52.5 Å². The molecule has 0 saturated heterocycles. The molecule has 2 heterocycles. The van der Waals surface area contributed by atoms with Gasteiger partial charge in [0.25, 0.3) is 5.54 Å². The van der Waals surface area contributed by atoms with Crippen molar-refractivity contribution in [3.05, 3.63) is 34.0 Å². The van der Waals surface area contributed by atoms with Crippen molar-refractivity contribution in [2.24, 2.45) is 5.92 Å². The van der Waals surface area contributed by atoms with Crippen LogP contribution in [-0.2, 0) is 9.47 Å². The zero-order valence-electron chi connectivity index (χ0n) is 22.3. The lowest BCUT2D eigenvalue weighted by Crippen LogP contribution is -2.44. The minimum Gasteiger partial charge on any atom is -0.443 e. The van der Waals surface area contributed by atoms with E-state index >= 15 is 0 Å². The van der Waals surface area contributed by atoms with Crippen molar-refractivity contribution in [3.63, 3.8) is 0 Å². The summed E-state index contributed by atoms with van der Waals surface area (Å²) in [5, 5.41) is -0.0646. The largest absolute Gasteiger partial charge is 0.443 e. The van der Waals surface area contributed by atoms with Gasteiger partial charge in [-0.15, -0.1) is 4.90 Å².